The molecule has 0 radical (unpaired) electrons. The number of carbonyl (C=O) groups is 1. The molecule has 1 aliphatic rings. The van der Waals surface area contributed by atoms with Crippen molar-refractivity contribution in [1.29, 1.82) is 0 Å². The Balaban J connectivity index is 2.49. The monoisotopic (exact) mass is 230 g/mol. The number of carboxylic acid groups (broad SMARTS) is 1. The van der Waals surface area contributed by atoms with Gasteiger partial charge in [0.25, 0.3) is 0 Å². The minimum Gasteiger partial charge on any atom is -0.480 e. The fourth-order valence-electron chi connectivity index (χ4n) is 1.58. The van der Waals surface area contributed by atoms with Crippen molar-refractivity contribution in [1.82, 2.24) is 5.32 Å². The highest BCUT2D eigenvalue weighted by molar-refractivity contribution is 7.99. The van der Waals surface area contributed by atoms with Crippen molar-refractivity contribution in [2.75, 3.05) is 24.6 Å². The van der Waals surface area contributed by atoms with Gasteiger partial charge in [0.1, 0.15) is 5.54 Å². The molecule has 0 bridgehead atoms. The minimum atomic E-state index is -0.809. The van der Waals surface area contributed by atoms with Crippen LogP contribution in [0.1, 0.15) is 12.8 Å². The molecule has 6 nitrogen and oxygen atoms in total. The molecule has 0 aromatic carbocycles. The molecule has 84 valence electrons. The third-order valence-electron chi connectivity index (χ3n) is 2.49. The maximum atomic E-state index is 11.2. The molecule has 0 amide bonds. The van der Waals surface area contributed by atoms with Crippen LogP contribution in [0.5, 0.6) is 0 Å². The van der Waals surface area contributed by atoms with Gasteiger partial charge in [0, 0.05) is 18.0 Å². The molecule has 1 saturated heterocycles. The highest BCUT2D eigenvalue weighted by Crippen LogP contribution is 2.27. The van der Waals surface area contributed by atoms with Crippen LogP contribution >= 0.6 is 11.8 Å². The maximum absolute atomic E-state index is 11.2. The van der Waals surface area contributed by atoms with Gasteiger partial charge in [-0.3, -0.25) is 4.79 Å². The molecule has 15 heavy (non-hydrogen) atoms. The normalized spacial score (nSPS) is 19.2. The average molecular weight is 230 g/mol. The van der Waals surface area contributed by atoms with Gasteiger partial charge in [-0.2, -0.15) is 11.8 Å². The number of azide groups is 1. The van der Waals surface area contributed by atoms with E-state index in [1.165, 1.54) is 0 Å². The number of carboxylic acids is 1. The number of rotatable bonds is 5. The smallest absolute Gasteiger partial charge is 0.323 e. The first-order chi connectivity index (χ1) is 7.21. The average Bonchev–Trinajstić information content (AvgIpc) is 2.26. The molecule has 0 aliphatic carbocycles. The standard InChI is InChI=1S/C8H14N4O2S/c9-12-11-4-3-10-8(7(13)14)1-5-15-6-2-8/h10H,1-6H2,(H,13,14). The van der Waals surface area contributed by atoms with Gasteiger partial charge in [-0.15, -0.1) is 0 Å². The molecule has 1 rings (SSSR count). The number of hydrogen-bond acceptors (Lipinski definition) is 4. The lowest BCUT2D eigenvalue weighted by Crippen LogP contribution is -2.55. The van der Waals surface area contributed by atoms with Gasteiger partial charge < -0.3 is 10.4 Å². The zero-order valence-electron chi connectivity index (χ0n) is 8.35. The molecule has 0 spiro atoms. The summed E-state index contributed by atoms with van der Waals surface area (Å²) < 4.78 is 0. The van der Waals surface area contributed by atoms with Crippen molar-refractivity contribution >= 4 is 17.7 Å². The Bertz CT molecular complexity index is 272. The second-order valence-electron chi connectivity index (χ2n) is 3.38. The summed E-state index contributed by atoms with van der Waals surface area (Å²) in [5.74, 6) is 0.922. The van der Waals surface area contributed by atoms with E-state index in [-0.39, 0.29) is 0 Å². The molecule has 1 aliphatic heterocycles. The number of hydrogen-bond donors (Lipinski definition) is 2. The number of nitrogens with zero attached hydrogens (tertiary/aromatic N) is 3. The second kappa shape index (κ2) is 5.85. The van der Waals surface area contributed by atoms with Crippen LogP contribution in [0.25, 0.3) is 10.4 Å². The molecule has 0 atom stereocenters. The Kier molecular flexibility index (Phi) is 4.74. The van der Waals surface area contributed by atoms with E-state index in [0.717, 1.165) is 11.5 Å². The van der Waals surface area contributed by atoms with E-state index in [4.69, 9.17) is 5.53 Å². The summed E-state index contributed by atoms with van der Waals surface area (Å²) in [5.41, 5.74) is 7.28. The Morgan fingerprint density at radius 2 is 2.27 bits per heavy atom. The molecule has 1 heterocycles. The lowest BCUT2D eigenvalue weighted by Gasteiger charge is -2.33. The van der Waals surface area contributed by atoms with Crippen molar-refractivity contribution in [2.45, 2.75) is 18.4 Å². The molecule has 7 heteroatoms. The number of aliphatic carboxylic acids is 1. The summed E-state index contributed by atoms with van der Waals surface area (Å²) in [6.45, 7) is 0.708. The van der Waals surface area contributed by atoms with Crippen molar-refractivity contribution in [3.05, 3.63) is 10.4 Å². The first-order valence-corrected chi connectivity index (χ1v) is 5.94. The van der Waals surface area contributed by atoms with Crippen molar-refractivity contribution in [2.24, 2.45) is 5.11 Å². The van der Waals surface area contributed by atoms with Gasteiger partial charge in [-0.25, -0.2) is 0 Å². The third kappa shape index (κ3) is 3.30. The van der Waals surface area contributed by atoms with Crippen LogP contribution in [-0.2, 0) is 4.79 Å². The lowest BCUT2D eigenvalue weighted by molar-refractivity contribution is -0.145. The Morgan fingerprint density at radius 1 is 1.60 bits per heavy atom. The molecule has 0 aromatic rings. The Labute approximate surface area is 92.1 Å². The van der Waals surface area contributed by atoms with Gasteiger partial charge in [-0.05, 0) is 29.9 Å². The Morgan fingerprint density at radius 3 is 2.80 bits per heavy atom. The number of nitrogens with one attached hydrogen (secondary N) is 1. The topological polar surface area (TPSA) is 98.1 Å². The van der Waals surface area contributed by atoms with Gasteiger partial charge in [0.05, 0.1) is 0 Å². The van der Waals surface area contributed by atoms with Crippen LogP contribution in [0.4, 0.5) is 0 Å². The van der Waals surface area contributed by atoms with Crippen LogP contribution in [0, 0.1) is 0 Å². The van der Waals surface area contributed by atoms with Gasteiger partial charge in [0.15, 0.2) is 0 Å². The maximum Gasteiger partial charge on any atom is 0.323 e. The highest BCUT2D eigenvalue weighted by atomic mass is 32.2. The molecule has 0 aromatic heterocycles. The van der Waals surface area contributed by atoms with Crippen molar-refractivity contribution in [3.63, 3.8) is 0 Å². The molecule has 0 saturated carbocycles. The van der Waals surface area contributed by atoms with Crippen LogP contribution in [0.3, 0.4) is 0 Å². The summed E-state index contributed by atoms with van der Waals surface area (Å²) in [6, 6.07) is 0. The van der Waals surface area contributed by atoms with E-state index in [2.05, 4.69) is 15.3 Å². The van der Waals surface area contributed by atoms with Crippen LogP contribution in [0.2, 0.25) is 0 Å². The largest absolute Gasteiger partial charge is 0.480 e. The van der Waals surface area contributed by atoms with Crippen molar-refractivity contribution < 1.29 is 9.90 Å². The van der Waals surface area contributed by atoms with Gasteiger partial charge in [-0.1, -0.05) is 5.11 Å². The van der Waals surface area contributed by atoms with E-state index in [1.54, 1.807) is 11.8 Å². The first-order valence-electron chi connectivity index (χ1n) is 4.78. The van der Waals surface area contributed by atoms with E-state index in [9.17, 15) is 9.90 Å². The predicted molar refractivity (Wildman–Crippen MR) is 58.9 cm³/mol. The third-order valence-corrected chi connectivity index (χ3v) is 3.48. The highest BCUT2D eigenvalue weighted by Gasteiger charge is 2.38. The lowest BCUT2D eigenvalue weighted by atomic mass is 9.92. The van der Waals surface area contributed by atoms with Gasteiger partial charge >= 0.3 is 5.97 Å². The Hall–Kier alpha value is -0.910. The SMILES string of the molecule is [N-]=[N+]=NCCNC1(C(=O)O)CCSCC1. The van der Waals surface area contributed by atoms with E-state index < -0.39 is 11.5 Å². The zero-order valence-corrected chi connectivity index (χ0v) is 9.16. The zero-order chi connectivity index (χ0) is 11.1. The minimum absolute atomic E-state index is 0.290. The van der Waals surface area contributed by atoms with Crippen molar-refractivity contribution in [3.8, 4) is 0 Å². The number of thioether (sulfide) groups is 1. The molecular weight excluding hydrogens is 216 g/mol. The molecule has 0 unspecified atom stereocenters. The van der Waals surface area contributed by atoms with Gasteiger partial charge in [0.2, 0.25) is 0 Å². The second-order valence-corrected chi connectivity index (χ2v) is 4.61. The molecular formula is C8H14N4O2S. The summed E-state index contributed by atoms with van der Waals surface area (Å²) >= 11 is 1.77. The quantitative estimate of drug-likeness (QED) is 0.321. The summed E-state index contributed by atoms with van der Waals surface area (Å²) in [4.78, 5) is 13.8. The first kappa shape index (κ1) is 12.2. The van der Waals surface area contributed by atoms with Crippen LogP contribution in [-0.4, -0.2) is 41.2 Å². The van der Waals surface area contributed by atoms with Crippen LogP contribution in [0.15, 0.2) is 5.11 Å². The summed E-state index contributed by atoms with van der Waals surface area (Å²) in [5, 5.41) is 15.5. The van der Waals surface area contributed by atoms with E-state index in [1.807, 2.05) is 0 Å². The fraction of sp³-hybridized carbons (Fsp3) is 0.875. The summed E-state index contributed by atoms with van der Waals surface area (Å²) in [7, 11) is 0. The van der Waals surface area contributed by atoms with Crippen LogP contribution < -0.4 is 5.32 Å². The van der Waals surface area contributed by atoms with E-state index in [0.29, 0.717) is 25.9 Å². The van der Waals surface area contributed by atoms with E-state index >= 15 is 0 Å². The summed E-state index contributed by atoms with van der Waals surface area (Å²) in [6.07, 6.45) is 1.26. The predicted octanol–water partition coefficient (Wildman–Crippen LogP) is 1.24. The fourth-order valence-corrected chi connectivity index (χ4v) is 2.77. The molecule has 1 fully saturated rings. The molecule has 2 N–H and O–H groups in total.